The van der Waals surface area contributed by atoms with Crippen molar-refractivity contribution in [3.63, 3.8) is 0 Å². The topological polar surface area (TPSA) is 97.7 Å². The summed E-state index contributed by atoms with van der Waals surface area (Å²) in [4.78, 5) is 24.4. The van der Waals surface area contributed by atoms with Gasteiger partial charge in [0.25, 0.3) is 0 Å². The first-order chi connectivity index (χ1) is 13.3. The van der Waals surface area contributed by atoms with E-state index in [4.69, 9.17) is 14.8 Å². The van der Waals surface area contributed by atoms with Gasteiger partial charge in [0, 0.05) is 30.0 Å². The van der Waals surface area contributed by atoms with Crippen LogP contribution < -0.4 is 10.1 Å². The van der Waals surface area contributed by atoms with Crippen LogP contribution in [0, 0.1) is 0 Å². The first kappa shape index (κ1) is 18.5. The molecule has 0 aliphatic heterocycles. The Labute approximate surface area is 163 Å². The summed E-state index contributed by atoms with van der Waals surface area (Å²) in [5.41, 5.74) is 4.83. The summed E-state index contributed by atoms with van der Waals surface area (Å²) < 4.78 is 7.43. The summed E-state index contributed by atoms with van der Waals surface area (Å²) in [5.74, 6) is 0.355. The fraction of sp³-hybridized carbons (Fsp3) is 0.500. The lowest BCUT2D eigenvalue weighted by Gasteiger charge is -2.19. The second-order valence-corrected chi connectivity index (χ2v) is 8.33. The van der Waals surface area contributed by atoms with Crippen molar-refractivity contribution in [2.24, 2.45) is 7.05 Å². The lowest BCUT2D eigenvalue weighted by atomic mass is 10.1. The van der Waals surface area contributed by atoms with Gasteiger partial charge in [-0.3, -0.25) is 4.68 Å². The van der Waals surface area contributed by atoms with Gasteiger partial charge in [-0.05, 0) is 46.5 Å². The molecule has 1 amide bonds. The SMILES string of the molecule is Cn1nc(-c2cnc3[nH]cc(OC(=O)NC(C)(C)C)c3n2)c2c1CCCCC2. The minimum absolute atomic E-state index is 0.355. The van der Waals surface area contributed by atoms with Gasteiger partial charge in [-0.25, -0.2) is 14.8 Å². The number of aryl methyl sites for hydroxylation is 1. The standard InChI is InChI=1S/C20H26N6O2/c1-20(2,3)24-19(27)28-15-11-22-18-17(15)23-13(10-21-18)16-12-8-6-5-7-9-14(12)26(4)25-16/h10-11H,5-9H2,1-4H3,(H,21,22)(H,24,27). The summed E-state index contributed by atoms with van der Waals surface area (Å²) in [6.07, 6.45) is 8.44. The van der Waals surface area contributed by atoms with E-state index in [0.717, 1.165) is 25.0 Å². The fourth-order valence-corrected chi connectivity index (χ4v) is 3.65. The van der Waals surface area contributed by atoms with Gasteiger partial charge >= 0.3 is 6.09 Å². The number of H-pyrrole nitrogens is 1. The molecule has 1 aliphatic carbocycles. The molecule has 0 atom stereocenters. The summed E-state index contributed by atoms with van der Waals surface area (Å²) in [5, 5.41) is 7.50. The van der Waals surface area contributed by atoms with Crippen LogP contribution in [0.1, 0.15) is 51.3 Å². The normalized spacial score (nSPS) is 14.6. The lowest BCUT2D eigenvalue weighted by molar-refractivity contribution is 0.191. The van der Waals surface area contributed by atoms with Crippen molar-refractivity contribution in [3.8, 4) is 17.1 Å². The Balaban J connectivity index is 1.70. The third-order valence-electron chi connectivity index (χ3n) is 4.88. The minimum atomic E-state index is -0.521. The number of nitrogens with zero attached hydrogens (tertiary/aromatic N) is 4. The van der Waals surface area contributed by atoms with Crippen molar-refractivity contribution in [1.82, 2.24) is 30.0 Å². The highest BCUT2D eigenvalue weighted by molar-refractivity contribution is 5.84. The fourth-order valence-electron chi connectivity index (χ4n) is 3.65. The van der Waals surface area contributed by atoms with Gasteiger partial charge in [0.05, 0.1) is 6.20 Å². The monoisotopic (exact) mass is 382 g/mol. The van der Waals surface area contributed by atoms with Crippen LogP contribution in [0.4, 0.5) is 4.79 Å². The minimum Gasteiger partial charge on any atom is -0.406 e. The van der Waals surface area contributed by atoms with E-state index in [-0.39, 0.29) is 5.54 Å². The number of hydrogen-bond acceptors (Lipinski definition) is 5. The van der Waals surface area contributed by atoms with Crippen molar-refractivity contribution in [2.75, 3.05) is 0 Å². The Morgan fingerprint density at radius 2 is 2.04 bits per heavy atom. The van der Waals surface area contributed by atoms with Crippen molar-refractivity contribution < 1.29 is 9.53 Å². The van der Waals surface area contributed by atoms with Crippen LogP contribution in [0.2, 0.25) is 0 Å². The number of carbonyl (C=O) groups excluding carboxylic acids is 1. The highest BCUT2D eigenvalue weighted by Crippen LogP contribution is 2.31. The van der Waals surface area contributed by atoms with Crippen LogP contribution in [0.5, 0.6) is 5.75 Å². The molecule has 3 aromatic heterocycles. The molecular weight excluding hydrogens is 356 g/mol. The summed E-state index contributed by atoms with van der Waals surface area (Å²) in [6.45, 7) is 5.69. The molecule has 2 N–H and O–H groups in total. The Hall–Kier alpha value is -2.90. The number of aromatic nitrogens is 5. The van der Waals surface area contributed by atoms with E-state index in [1.54, 1.807) is 12.4 Å². The summed E-state index contributed by atoms with van der Waals surface area (Å²) in [6, 6.07) is 0. The molecule has 28 heavy (non-hydrogen) atoms. The van der Waals surface area contributed by atoms with Gasteiger partial charge in [0.1, 0.15) is 11.4 Å². The Bertz CT molecular complexity index is 1030. The highest BCUT2D eigenvalue weighted by atomic mass is 16.6. The van der Waals surface area contributed by atoms with Crippen molar-refractivity contribution in [1.29, 1.82) is 0 Å². The van der Waals surface area contributed by atoms with E-state index >= 15 is 0 Å². The quantitative estimate of drug-likeness (QED) is 0.661. The molecule has 8 heteroatoms. The molecule has 148 valence electrons. The lowest BCUT2D eigenvalue weighted by Crippen LogP contribution is -2.42. The molecule has 0 saturated heterocycles. The van der Waals surface area contributed by atoms with Crippen molar-refractivity contribution in [2.45, 2.75) is 58.4 Å². The molecule has 0 spiro atoms. The molecule has 3 aromatic rings. The van der Waals surface area contributed by atoms with Gasteiger partial charge in [-0.2, -0.15) is 5.10 Å². The van der Waals surface area contributed by atoms with Crippen LogP contribution >= 0.6 is 0 Å². The third kappa shape index (κ3) is 3.58. The Morgan fingerprint density at radius 3 is 2.82 bits per heavy atom. The number of rotatable bonds is 2. The molecular formula is C20H26N6O2. The van der Waals surface area contributed by atoms with Gasteiger partial charge < -0.3 is 15.0 Å². The number of aromatic amines is 1. The first-order valence-electron chi connectivity index (χ1n) is 9.71. The van der Waals surface area contributed by atoms with E-state index in [2.05, 4.69) is 15.3 Å². The van der Waals surface area contributed by atoms with Crippen LogP contribution in [0.15, 0.2) is 12.4 Å². The Kier molecular flexibility index (Phi) is 4.56. The molecule has 8 nitrogen and oxygen atoms in total. The average molecular weight is 382 g/mol. The van der Waals surface area contributed by atoms with Crippen molar-refractivity contribution >= 4 is 17.3 Å². The summed E-state index contributed by atoms with van der Waals surface area (Å²) >= 11 is 0. The number of hydrogen-bond donors (Lipinski definition) is 2. The third-order valence-corrected chi connectivity index (χ3v) is 4.88. The number of nitrogens with one attached hydrogen (secondary N) is 2. The maximum absolute atomic E-state index is 12.1. The van der Waals surface area contributed by atoms with Crippen LogP contribution in [0.25, 0.3) is 22.6 Å². The highest BCUT2D eigenvalue weighted by Gasteiger charge is 2.22. The largest absolute Gasteiger partial charge is 0.413 e. The molecule has 0 fully saturated rings. The molecule has 0 unspecified atom stereocenters. The molecule has 0 radical (unpaired) electrons. The number of fused-ring (bicyclic) bond motifs is 2. The average Bonchev–Trinajstić information content (AvgIpc) is 3.03. The zero-order valence-electron chi connectivity index (χ0n) is 16.8. The summed E-state index contributed by atoms with van der Waals surface area (Å²) in [7, 11) is 1.99. The predicted octanol–water partition coefficient (Wildman–Crippen LogP) is 3.51. The van der Waals surface area contributed by atoms with E-state index < -0.39 is 6.09 Å². The van der Waals surface area contributed by atoms with Gasteiger partial charge in [-0.1, -0.05) is 6.42 Å². The molecule has 0 bridgehead atoms. The van der Waals surface area contributed by atoms with Crippen LogP contribution in [-0.2, 0) is 19.9 Å². The second kappa shape index (κ2) is 6.92. The van der Waals surface area contributed by atoms with E-state index in [1.165, 1.54) is 24.1 Å². The number of ether oxygens (including phenoxy) is 1. The van der Waals surface area contributed by atoms with Gasteiger partial charge in [0.2, 0.25) is 0 Å². The zero-order chi connectivity index (χ0) is 19.9. The predicted molar refractivity (Wildman–Crippen MR) is 106 cm³/mol. The van der Waals surface area contributed by atoms with Crippen LogP contribution in [-0.4, -0.2) is 36.4 Å². The molecule has 1 aliphatic rings. The number of carbonyl (C=O) groups is 1. The molecule has 0 aromatic carbocycles. The molecule has 4 rings (SSSR count). The Morgan fingerprint density at radius 1 is 1.25 bits per heavy atom. The maximum Gasteiger partial charge on any atom is 0.413 e. The second-order valence-electron chi connectivity index (χ2n) is 8.33. The van der Waals surface area contributed by atoms with Crippen molar-refractivity contribution in [3.05, 3.63) is 23.7 Å². The van der Waals surface area contributed by atoms with Gasteiger partial charge in [-0.15, -0.1) is 0 Å². The smallest absolute Gasteiger partial charge is 0.406 e. The zero-order valence-corrected chi connectivity index (χ0v) is 16.8. The maximum atomic E-state index is 12.1. The molecule has 0 saturated carbocycles. The number of amides is 1. The van der Waals surface area contributed by atoms with E-state index in [1.807, 2.05) is 32.5 Å². The first-order valence-corrected chi connectivity index (χ1v) is 9.71. The molecule has 3 heterocycles. The van der Waals surface area contributed by atoms with Gasteiger partial charge in [0.15, 0.2) is 16.9 Å². The van der Waals surface area contributed by atoms with E-state index in [9.17, 15) is 4.79 Å². The van der Waals surface area contributed by atoms with E-state index in [0.29, 0.717) is 22.6 Å². The van der Waals surface area contributed by atoms with Crippen LogP contribution in [0.3, 0.4) is 0 Å².